The molecule has 1 N–H and O–H groups in total. The Morgan fingerprint density at radius 2 is 1.95 bits per heavy atom. The fourth-order valence-electron chi connectivity index (χ4n) is 1.85. The highest BCUT2D eigenvalue weighted by molar-refractivity contribution is 5.85. The smallest absolute Gasteiger partial charge is 0.355 e. The number of benzene rings is 1. The first-order valence-corrected chi connectivity index (χ1v) is 5.92. The first kappa shape index (κ1) is 13.5. The van der Waals surface area contributed by atoms with Crippen molar-refractivity contribution in [3.8, 4) is 0 Å². The lowest BCUT2D eigenvalue weighted by molar-refractivity contribution is -0.137. The van der Waals surface area contributed by atoms with Crippen molar-refractivity contribution < 1.29 is 13.2 Å². The Kier molecular flexibility index (Phi) is 3.51. The Morgan fingerprint density at radius 1 is 1.21 bits per heavy atom. The van der Waals surface area contributed by atoms with Crippen LogP contribution in [0.5, 0.6) is 0 Å². The SMILES string of the molecule is CC=CC=C(C)c1cc2cc(C(F)(F)F)ccc2[nH]1. The van der Waals surface area contributed by atoms with Crippen LogP contribution in [0.25, 0.3) is 16.5 Å². The molecule has 1 heterocycles. The third kappa shape index (κ3) is 2.89. The van der Waals surface area contributed by atoms with Gasteiger partial charge >= 0.3 is 6.18 Å². The minimum absolute atomic E-state index is 0.568. The molecule has 2 aromatic rings. The fraction of sp³-hybridized carbons (Fsp3) is 0.200. The average Bonchev–Trinajstić information content (AvgIpc) is 2.77. The highest BCUT2D eigenvalue weighted by atomic mass is 19.4. The molecular formula is C15H14F3N. The van der Waals surface area contributed by atoms with Crippen molar-refractivity contribution in [2.75, 3.05) is 0 Å². The zero-order valence-corrected chi connectivity index (χ0v) is 10.7. The van der Waals surface area contributed by atoms with Gasteiger partial charge < -0.3 is 4.98 Å². The molecule has 19 heavy (non-hydrogen) atoms. The number of fused-ring (bicyclic) bond motifs is 1. The molecule has 0 aliphatic carbocycles. The zero-order valence-electron chi connectivity index (χ0n) is 10.7. The zero-order chi connectivity index (χ0) is 14.0. The van der Waals surface area contributed by atoms with Gasteiger partial charge in [0.05, 0.1) is 5.56 Å². The van der Waals surface area contributed by atoms with Gasteiger partial charge in [-0.25, -0.2) is 0 Å². The maximum absolute atomic E-state index is 12.6. The number of aromatic amines is 1. The maximum atomic E-state index is 12.6. The number of halogens is 3. The van der Waals surface area contributed by atoms with E-state index in [1.807, 2.05) is 32.1 Å². The Labute approximate surface area is 109 Å². The molecule has 0 saturated carbocycles. The summed E-state index contributed by atoms with van der Waals surface area (Å²) in [5.41, 5.74) is 1.88. The van der Waals surface area contributed by atoms with Crippen molar-refractivity contribution in [1.29, 1.82) is 0 Å². The highest BCUT2D eigenvalue weighted by Crippen LogP contribution is 2.32. The minimum Gasteiger partial charge on any atom is -0.355 e. The van der Waals surface area contributed by atoms with E-state index in [4.69, 9.17) is 0 Å². The van der Waals surface area contributed by atoms with E-state index in [0.717, 1.165) is 23.4 Å². The van der Waals surface area contributed by atoms with Crippen LogP contribution in [0, 0.1) is 0 Å². The largest absolute Gasteiger partial charge is 0.416 e. The standard InChI is InChI=1S/C15H14F3N/c1-3-4-5-10(2)14-9-11-8-12(15(16,17)18)6-7-13(11)19-14/h3-9,19H,1-2H3. The second-order valence-electron chi connectivity index (χ2n) is 4.36. The van der Waals surface area contributed by atoms with Crippen LogP contribution >= 0.6 is 0 Å². The molecule has 100 valence electrons. The molecule has 1 aromatic carbocycles. The molecule has 1 aromatic heterocycles. The second-order valence-corrected chi connectivity index (χ2v) is 4.36. The van der Waals surface area contributed by atoms with Gasteiger partial charge in [-0.3, -0.25) is 0 Å². The summed E-state index contributed by atoms with van der Waals surface area (Å²) in [7, 11) is 0. The van der Waals surface area contributed by atoms with Gasteiger partial charge in [0.1, 0.15) is 0 Å². The molecule has 0 spiro atoms. The van der Waals surface area contributed by atoms with E-state index in [1.165, 1.54) is 6.07 Å². The Hall–Kier alpha value is -1.97. The Morgan fingerprint density at radius 3 is 2.58 bits per heavy atom. The molecule has 2 rings (SSSR count). The van der Waals surface area contributed by atoms with Gasteiger partial charge in [0.25, 0.3) is 0 Å². The van der Waals surface area contributed by atoms with Crippen LogP contribution < -0.4 is 0 Å². The topological polar surface area (TPSA) is 15.8 Å². The van der Waals surface area contributed by atoms with Crippen molar-refractivity contribution in [1.82, 2.24) is 4.98 Å². The van der Waals surface area contributed by atoms with E-state index in [2.05, 4.69) is 4.98 Å². The summed E-state index contributed by atoms with van der Waals surface area (Å²) in [6, 6.07) is 5.45. The van der Waals surface area contributed by atoms with E-state index in [1.54, 1.807) is 6.07 Å². The average molecular weight is 265 g/mol. The lowest BCUT2D eigenvalue weighted by atomic mass is 10.1. The first-order chi connectivity index (χ1) is 8.91. The molecule has 0 aliphatic heterocycles. The predicted octanol–water partition coefficient (Wildman–Crippen LogP) is 5.17. The van der Waals surface area contributed by atoms with Gasteiger partial charge in [0.15, 0.2) is 0 Å². The normalized spacial score (nSPS) is 13.6. The molecule has 0 amide bonds. The van der Waals surface area contributed by atoms with E-state index in [9.17, 15) is 13.2 Å². The number of nitrogens with one attached hydrogen (secondary N) is 1. The van der Waals surface area contributed by atoms with E-state index in [-0.39, 0.29) is 0 Å². The number of alkyl halides is 3. The number of rotatable bonds is 2. The van der Waals surface area contributed by atoms with Crippen LogP contribution in [0.4, 0.5) is 13.2 Å². The molecule has 0 aliphatic rings. The van der Waals surface area contributed by atoms with Gasteiger partial charge in [-0.1, -0.05) is 18.2 Å². The lowest BCUT2D eigenvalue weighted by Gasteiger charge is -2.05. The Balaban J connectivity index is 2.47. The summed E-state index contributed by atoms with van der Waals surface area (Å²) in [5, 5.41) is 0.568. The number of H-pyrrole nitrogens is 1. The van der Waals surface area contributed by atoms with Crippen molar-refractivity contribution in [2.24, 2.45) is 0 Å². The molecular weight excluding hydrogens is 251 g/mol. The van der Waals surface area contributed by atoms with Crippen LogP contribution in [0.3, 0.4) is 0 Å². The van der Waals surface area contributed by atoms with Crippen LogP contribution in [0.15, 0.2) is 42.5 Å². The molecule has 0 fully saturated rings. The van der Waals surface area contributed by atoms with Crippen LogP contribution in [-0.2, 0) is 6.18 Å². The van der Waals surface area contributed by atoms with Gasteiger partial charge in [-0.05, 0) is 43.7 Å². The predicted molar refractivity (Wildman–Crippen MR) is 71.8 cm³/mol. The van der Waals surface area contributed by atoms with E-state index in [0.29, 0.717) is 10.9 Å². The van der Waals surface area contributed by atoms with E-state index >= 15 is 0 Å². The molecule has 0 atom stereocenters. The van der Waals surface area contributed by atoms with Crippen LogP contribution in [0.2, 0.25) is 0 Å². The number of hydrogen-bond acceptors (Lipinski definition) is 0. The highest BCUT2D eigenvalue weighted by Gasteiger charge is 2.30. The number of aromatic nitrogens is 1. The van der Waals surface area contributed by atoms with Gasteiger partial charge in [-0.15, -0.1) is 0 Å². The second kappa shape index (κ2) is 4.96. The Bertz CT molecular complexity index is 645. The lowest BCUT2D eigenvalue weighted by Crippen LogP contribution is -2.03. The molecule has 0 unspecified atom stereocenters. The monoisotopic (exact) mass is 265 g/mol. The molecule has 0 saturated heterocycles. The summed E-state index contributed by atoms with van der Waals surface area (Å²) >= 11 is 0. The van der Waals surface area contributed by atoms with Crippen molar-refractivity contribution in [3.63, 3.8) is 0 Å². The van der Waals surface area contributed by atoms with E-state index < -0.39 is 11.7 Å². The molecule has 0 radical (unpaired) electrons. The van der Waals surface area contributed by atoms with Gasteiger partial charge in [-0.2, -0.15) is 13.2 Å². The van der Waals surface area contributed by atoms with Crippen molar-refractivity contribution in [3.05, 3.63) is 53.8 Å². The quantitative estimate of drug-likeness (QED) is 0.721. The van der Waals surface area contributed by atoms with Crippen molar-refractivity contribution >= 4 is 16.5 Å². The third-order valence-corrected chi connectivity index (χ3v) is 2.91. The summed E-state index contributed by atoms with van der Waals surface area (Å²) < 4.78 is 37.9. The molecule has 1 nitrogen and oxygen atoms in total. The van der Waals surface area contributed by atoms with Crippen LogP contribution in [0.1, 0.15) is 25.1 Å². The number of allylic oxidation sites excluding steroid dienone is 4. The first-order valence-electron chi connectivity index (χ1n) is 5.92. The van der Waals surface area contributed by atoms with Crippen molar-refractivity contribution in [2.45, 2.75) is 20.0 Å². The molecule has 4 heteroatoms. The van der Waals surface area contributed by atoms with Gasteiger partial charge in [0, 0.05) is 16.6 Å². The number of hydrogen-bond donors (Lipinski definition) is 1. The summed E-state index contributed by atoms with van der Waals surface area (Å²) in [4.78, 5) is 3.11. The summed E-state index contributed by atoms with van der Waals surface area (Å²) in [5.74, 6) is 0. The third-order valence-electron chi connectivity index (χ3n) is 2.91. The molecule has 0 bridgehead atoms. The fourth-order valence-corrected chi connectivity index (χ4v) is 1.85. The van der Waals surface area contributed by atoms with Crippen LogP contribution in [-0.4, -0.2) is 4.98 Å². The summed E-state index contributed by atoms with van der Waals surface area (Å²) in [6.45, 7) is 3.82. The maximum Gasteiger partial charge on any atom is 0.416 e. The van der Waals surface area contributed by atoms with Gasteiger partial charge in [0.2, 0.25) is 0 Å². The summed E-state index contributed by atoms with van der Waals surface area (Å²) in [6.07, 6.45) is 1.40. The minimum atomic E-state index is -4.30.